The van der Waals surface area contributed by atoms with E-state index >= 15 is 0 Å². The third-order valence-corrected chi connectivity index (χ3v) is 5.47. The number of carbonyl (C=O) groups is 1. The molecule has 1 saturated heterocycles. The van der Waals surface area contributed by atoms with Gasteiger partial charge in [-0.2, -0.15) is 5.10 Å². The van der Waals surface area contributed by atoms with Crippen molar-refractivity contribution in [2.45, 2.75) is 38.6 Å². The normalized spacial score (nSPS) is 18.3. The first-order valence-electron chi connectivity index (χ1n) is 9.47. The molecular weight excluding hydrogens is 328 g/mol. The van der Waals surface area contributed by atoms with E-state index in [0.29, 0.717) is 19.1 Å². The topological polar surface area (TPSA) is 66.3 Å². The number of hydrogen-bond acceptors (Lipinski definition) is 4. The second-order valence-electron chi connectivity index (χ2n) is 7.17. The summed E-state index contributed by atoms with van der Waals surface area (Å²) < 4.78 is 2.02. The largest absolute Gasteiger partial charge is 0.368 e. The first-order valence-corrected chi connectivity index (χ1v) is 9.47. The summed E-state index contributed by atoms with van der Waals surface area (Å²) in [6.45, 7) is 5.10. The van der Waals surface area contributed by atoms with Crippen molar-refractivity contribution >= 4 is 17.5 Å². The zero-order chi connectivity index (χ0) is 17.9. The molecule has 1 aliphatic carbocycles. The zero-order valence-corrected chi connectivity index (χ0v) is 15.3. The molecular formula is C19H26N6O. The Bertz CT molecular complexity index is 745. The van der Waals surface area contributed by atoms with Crippen molar-refractivity contribution in [3.63, 3.8) is 0 Å². The Balaban J connectivity index is 1.38. The third kappa shape index (κ3) is 3.38. The van der Waals surface area contributed by atoms with Gasteiger partial charge in [-0.1, -0.05) is 12.8 Å². The summed E-state index contributed by atoms with van der Waals surface area (Å²) in [4.78, 5) is 21.0. The van der Waals surface area contributed by atoms with Crippen LogP contribution in [0.25, 0.3) is 0 Å². The molecule has 138 valence electrons. The predicted molar refractivity (Wildman–Crippen MR) is 102 cm³/mol. The maximum Gasteiger partial charge on any atom is 0.323 e. The van der Waals surface area contributed by atoms with Gasteiger partial charge < -0.3 is 9.80 Å². The minimum absolute atomic E-state index is 0.0257. The van der Waals surface area contributed by atoms with Gasteiger partial charge in [0.05, 0.1) is 12.2 Å². The quantitative estimate of drug-likeness (QED) is 0.920. The van der Waals surface area contributed by atoms with Gasteiger partial charge in [-0.15, -0.1) is 0 Å². The smallest absolute Gasteiger partial charge is 0.323 e. The first kappa shape index (κ1) is 16.9. The lowest BCUT2D eigenvalue weighted by Gasteiger charge is -2.36. The first-order chi connectivity index (χ1) is 12.7. The fourth-order valence-electron chi connectivity index (χ4n) is 3.93. The summed E-state index contributed by atoms with van der Waals surface area (Å²) in [6, 6.07) is 4.42. The van der Waals surface area contributed by atoms with Crippen LogP contribution in [0, 0.1) is 6.92 Å². The second-order valence-corrected chi connectivity index (χ2v) is 7.17. The molecule has 2 aromatic heterocycles. The van der Waals surface area contributed by atoms with Gasteiger partial charge in [0.2, 0.25) is 0 Å². The molecule has 2 fully saturated rings. The lowest BCUT2D eigenvalue weighted by Crippen LogP contribution is -2.50. The molecule has 7 heteroatoms. The fourth-order valence-corrected chi connectivity index (χ4v) is 3.93. The maximum absolute atomic E-state index is 12.8. The van der Waals surface area contributed by atoms with Crippen LogP contribution in [-0.4, -0.2) is 51.9 Å². The van der Waals surface area contributed by atoms with Gasteiger partial charge in [0.1, 0.15) is 5.82 Å². The van der Waals surface area contributed by atoms with Crippen LogP contribution in [0.15, 0.2) is 30.7 Å². The van der Waals surface area contributed by atoms with Crippen LogP contribution >= 0.6 is 0 Å². The number of piperazine rings is 1. The zero-order valence-electron chi connectivity index (χ0n) is 15.3. The minimum atomic E-state index is -0.0257. The van der Waals surface area contributed by atoms with E-state index in [2.05, 4.69) is 20.3 Å². The van der Waals surface area contributed by atoms with Crippen LogP contribution < -0.4 is 10.2 Å². The summed E-state index contributed by atoms with van der Waals surface area (Å²) in [5.41, 5.74) is 2.19. The number of anilines is 2. The highest BCUT2D eigenvalue weighted by Gasteiger charge is 2.25. The third-order valence-electron chi connectivity index (χ3n) is 5.47. The summed E-state index contributed by atoms with van der Waals surface area (Å²) in [5, 5.41) is 7.64. The molecule has 1 aliphatic heterocycles. The Morgan fingerprint density at radius 1 is 1.12 bits per heavy atom. The van der Waals surface area contributed by atoms with Gasteiger partial charge in [0.15, 0.2) is 0 Å². The number of aryl methyl sites for hydroxylation is 1. The molecule has 2 aromatic rings. The average molecular weight is 354 g/mol. The van der Waals surface area contributed by atoms with Gasteiger partial charge in [-0.3, -0.25) is 10.3 Å². The number of amides is 2. The standard InChI is InChI=1S/C19H26N6O/c1-15-14-21-25(17-4-2-3-5-17)18(15)22-19(26)24-12-10-23(11-13-24)16-6-8-20-9-7-16/h6-9,14,17H,2-5,10-13H2,1H3,(H,22,26). The average Bonchev–Trinajstić information content (AvgIpc) is 3.33. The van der Waals surface area contributed by atoms with Crippen LogP contribution in [0.1, 0.15) is 37.3 Å². The number of rotatable bonds is 3. The van der Waals surface area contributed by atoms with Gasteiger partial charge in [0, 0.05) is 49.8 Å². The Labute approximate surface area is 154 Å². The van der Waals surface area contributed by atoms with Crippen molar-refractivity contribution in [2.24, 2.45) is 0 Å². The van der Waals surface area contributed by atoms with Crippen molar-refractivity contribution in [3.05, 3.63) is 36.3 Å². The highest BCUT2D eigenvalue weighted by Crippen LogP contribution is 2.32. The molecule has 2 aliphatic rings. The van der Waals surface area contributed by atoms with E-state index in [4.69, 9.17) is 0 Å². The van der Waals surface area contributed by atoms with Crippen molar-refractivity contribution in [1.29, 1.82) is 0 Å². The van der Waals surface area contributed by atoms with E-state index in [1.54, 1.807) is 12.4 Å². The van der Waals surface area contributed by atoms with Crippen LogP contribution in [0.2, 0.25) is 0 Å². The van der Waals surface area contributed by atoms with Crippen LogP contribution in [-0.2, 0) is 0 Å². The van der Waals surface area contributed by atoms with Crippen LogP contribution in [0.4, 0.5) is 16.3 Å². The molecule has 4 rings (SSSR count). The Morgan fingerprint density at radius 2 is 1.81 bits per heavy atom. The molecule has 0 spiro atoms. The highest BCUT2D eigenvalue weighted by molar-refractivity contribution is 5.89. The summed E-state index contributed by atoms with van der Waals surface area (Å²) in [7, 11) is 0. The Morgan fingerprint density at radius 3 is 2.50 bits per heavy atom. The van der Waals surface area contributed by atoms with Gasteiger partial charge in [-0.05, 0) is 31.9 Å². The number of carbonyl (C=O) groups excluding carboxylic acids is 1. The van der Waals surface area contributed by atoms with E-state index in [9.17, 15) is 4.79 Å². The van der Waals surface area contributed by atoms with Crippen molar-refractivity contribution in [3.8, 4) is 0 Å². The number of nitrogens with one attached hydrogen (secondary N) is 1. The fraction of sp³-hybridized carbons (Fsp3) is 0.526. The molecule has 2 amide bonds. The molecule has 3 heterocycles. The summed E-state index contributed by atoms with van der Waals surface area (Å²) in [5.74, 6) is 0.860. The number of pyridine rings is 1. The molecule has 0 radical (unpaired) electrons. The number of aromatic nitrogens is 3. The minimum Gasteiger partial charge on any atom is -0.368 e. The Hall–Kier alpha value is -2.57. The van der Waals surface area contributed by atoms with Gasteiger partial charge in [0.25, 0.3) is 0 Å². The molecule has 1 N–H and O–H groups in total. The van der Waals surface area contributed by atoms with Crippen molar-refractivity contribution in [2.75, 3.05) is 36.4 Å². The summed E-state index contributed by atoms with van der Waals surface area (Å²) >= 11 is 0. The molecule has 1 saturated carbocycles. The lowest BCUT2D eigenvalue weighted by molar-refractivity contribution is 0.208. The molecule has 0 aromatic carbocycles. The van der Waals surface area contributed by atoms with Crippen LogP contribution in [0.5, 0.6) is 0 Å². The predicted octanol–water partition coefficient (Wildman–Crippen LogP) is 3.06. The monoisotopic (exact) mass is 354 g/mol. The van der Waals surface area contributed by atoms with Gasteiger partial charge >= 0.3 is 6.03 Å². The van der Waals surface area contributed by atoms with E-state index in [1.165, 1.54) is 12.8 Å². The number of urea groups is 1. The SMILES string of the molecule is Cc1cnn(C2CCCC2)c1NC(=O)N1CCN(c2ccncc2)CC1. The number of hydrogen-bond donors (Lipinski definition) is 1. The maximum atomic E-state index is 12.8. The number of nitrogens with zero attached hydrogens (tertiary/aromatic N) is 5. The Kier molecular flexibility index (Phi) is 4.77. The lowest BCUT2D eigenvalue weighted by atomic mass is 10.2. The summed E-state index contributed by atoms with van der Waals surface area (Å²) in [6.07, 6.45) is 10.3. The highest BCUT2D eigenvalue weighted by atomic mass is 16.2. The van der Waals surface area contributed by atoms with Crippen LogP contribution in [0.3, 0.4) is 0 Å². The van der Waals surface area contributed by atoms with E-state index in [0.717, 1.165) is 43.0 Å². The molecule has 0 bridgehead atoms. The van der Waals surface area contributed by atoms with Gasteiger partial charge in [-0.25, -0.2) is 9.48 Å². The van der Waals surface area contributed by atoms with E-state index in [1.807, 2.05) is 34.8 Å². The van der Waals surface area contributed by atoms with E-state index in [-0.39, 0.29) is 6.03 Å². The van der Waals surface area contributed by atoms with E-state index < -0.39 is 0 Å². The van der Waals surface area contributed by atoms with Crippen molar-refractivity contribution < 1.29 is 4.79 Å². The van der Waals surface area contributed by atoms with Crippen molar-refractivity contribution in [1.82, 2.24) is 19.7 Å². The second kappa shape index (κ2) is 7.35. The molecule has 0 atom stereocenters. The molecule has 7 nitrogen and oxygen atoms in total. The molecule has 26 heavy (non-hydrogen) atoms. The molecule has 0 unspecified atom stereocenters.